The molecule has 0 aliphatic carbocycles. The second-order valence-corrected chi connectivity index (χ2v) is 10.7. The van der Waals surface area contributed by atoms with E-state index < -0.39 is 0 Å². The van der Waals surface area contributed by atoms with Crippen LogP contribution in [0.1, 0.15) is 169 Å². The minimum Gasteiger partial charge on any atom is -0.465 e. The summed E-state index contributed by atoms with van der Waals surface area (Å²) in [6.45, 7) is 11.5. The molecule has 0 heterocycles. The van der Waals surface area contributed by atoms with Crippen LogP contribution in [0, 0.1) is 5.92 Å². The molecule has 0 aliphatic heterocycles. The second kappa shape index (κ2) is 34.4. The lowest BCUT2D eigenvalue weighted by atomic mass is 9.95. The third-order valence-corrected chi connectivity index (χ3v) is 6.89. The van der Waals surface area contributed by atoms with Crippen LogP contribution in [0.2, 0.25) is 0 Å². The number of nitrogens with one attached hydrogen (secondary N) is 1. The lowest BCUT2D eigenvalue weighted by Crippen LogP contribution is -2.19. The van der Waals surface area contributed by atoms with Crippen molar-refractivity contribution in [2.45, 2.75) is 169 Å². The molecular formula is C32H67NO3. The van der Waals surface area contributed by atoms with E-state index in [1.54, 1.807) is 0 Å². The van der Waals surface area contributed by atoms with Crippen LogP contribution in [-0.4, -0.2) is 37.4 Å². The van der Waals surface area contributed by atoms with Gasteiger partial charge in [0.25, 0.3) is 0 Å². The highest BCUT2D eigenvalue weighted by Gasteiger charge is 2.12. The van der Waals surface area contributed by atoms with E-state index in [0.29, 0.717) is 25.5 Å². The molecule has 36 heavy (non-hydrogen) atoms. The van der Waals surface area contributed by atoms with Gasteiger partial charge in [0.05, 0.1) is 13.2 Å². The smallest absolute Gasteiger partial charge is 0.305 e. The average molecular weight is 514 g/mol. The van der Waals surface area contributed by atoms with Gasteiger partial charge in [-0.2, -0.15) is 0 Å². The van der Waals surface area contributed by atoms with Gasteiger partial charge in [0.15, 0.2) is 0 Å². The number of esters is 1. The lowest BCUT2D eigenvalue weighted by molar-refractivity contribution is -0.145. The van der Waals surface area contributed by atoms with Crippen molar-refractivity contribution in [1.82, 2.24) is 5.32 Å². The Balaban J connectivity index is 0. The second-order valence-electron chi connectivity index (χ2n) is 10.7. The third kappa shape index (κ3) is 33.4. The molecule has 0 aromatic heterocycles. The van der Waals surface area contributed by atoms with E-state index in [4.69, 9.17) is 9.84 Å². The minimum atomic E-state index is 0.00103. The van der Waals surface area contributed by atoms with Crippen molar-refractivity contribution in [2.24, 2.45) is 5.92 Å². The zero-order valence-electron chi connectivity index (χ0n) is 25.2. The number of unbranched alkanes of at least 4 members (excludes halogenated alkanes) is 15. The minimum absolute atomic E-state index is 0.00103. The van der Waals surface area contributed by atoms with Gasteiger partial charge in [-0.3, -0.25) is 4.79 Å². The molecule has 1 unspecified atom stereocenters. The fraction of sp³-hybridized carbons (Fsp3) is 0.969. The Morgan fingerprint density at radius 1 is 0.611 bits per heavy atom. The standard InChI is InChI=1S/C26H53NO3.C6H14/c1-3-5-7-9-11-15-19-25(18-14-8-6-4-2)24-30-26(29)20-16-12-10-13-17-21-27-22-23-28;1-3-5-6-4-2/h25,27-28H,3-24H2,1-2H3;3-6H2,1-2H3. The van der Waals surface area contributed by atoms with E-state index in [1.807, 2.05) is 0 Å². The van der Waals surface area contributed by atoms with E-state index in [0.717, 1.165) is 25.8 Å². The van der Waals surface area contributed by atoms with E-state index in [2.05, 4.69) is 33.0 Å². The number of aliphatic hydroxyl groups is 1. The average Bonchev–Trinajstić information content (AvgIpc) is 2.89. The Morgan fingerprint density at radius 3 is 1.61 bits per heavy atom. The van der Waals surface area contributed by atoms with E-state index in [-0.39, 0.29) is 12.6 Å². The molecule has 0 aromatic rings. The number of hydrogen-bond donors (Lipinski definition) is 2. The number of hydrogen-bond acceptors (Lipinski definition) is 4. The summed E-state index contributed by atoms with van der Waals surface area (Å²) in [7, 11) is 0. The molecule has 0 saturated heterocycles. The number of carbonyl (C=O) groups excluding carboxylic acids is 1. The molecule has 4 nitrogen and oxygen atoms in total. The SMILES string of the molecule is CCCCCC.CCCCCCCCC(CCCCCC)COC(=O)CCCCCCCNCCO. The highest BCUT2D eigenvalue weighted by Crippen LogP contribution is 2.20. The van der Waals surface area contributed by atoms with Crippen LogP contribution in [0.25, 0.3) is 0 Å². The van der Waals surface area contributed by atoms with Crippen LogP contribution in [0.5, 0.6) is 0 Å². The van der Waals surface area contributed by atoms with Gasteiger partial charge in [-0.1, -0.05) is 137 Å². The van der Waals surface area contributed by atoms with Crippen LogP contribution in [0.3, 0.4) is 0 Å². The molecule has 0 radical (unpaired) electrons. The summed E-state index contributed by atoms with van der Waals surface area (Å²) < 4.78 is 5.66. The van der Waals surface area contributed by atoms with Gasteiger partial charge in [-0.25, -0.2) is 0 Å². The predicted octanol–water partition coefficient (Wildman–Crippen LogP) is 9.38. The summed E-state index contributed by atoms with van der Waals surface area (Å²) in [6.07, 6.45) is 27.3. The highest BCUT2D eigenvalue weighted by molar-refractivity contribution is 5.69. The summed E-state index contributed by atoms with van der Waals surface area (Å²) in [4.78, 5) is 12.1. The summed E-state index contributed by atoms with van der Waals surface area (Å²) in [5.41, 5.74) is 0. The topological polar surface area (TPSA) is 58.6 Å². The summed E-state index contributed by atoms with van der Waals surface area (Å²) in [5, 5.41) is 11.9. The third-order valence-electron chi connectivity index (χ3n) is 6.89. The summed E-state index contributed by atoms with van der Waals surface area (Å²) in [5.74, 6) is 0.560. The van der Waals surface area contributed by atoms with Crippen LogP contribution >= 0.6 is 0 Å². The van der Waals surface area contributed by atoms with Gasteiger partial charge in [0.1, 0.15) is 0 Å². The van der Waals surface area contributed by atoms with Gasteiger partial charge in [0, 0.05) is 13.0 Å². The van der Waals surface area contributed by atoms with Gasteiger partial charge < -0.3 is 15.2 Å². The Hall–Kier alpha value is -0.610. The molecule has 0 rings (SSSR count). The highest BCUT2D eigenvalue weighted by atomic mass is 16.5. The van der Waals surface area contributed by atoms with E-state index >= 15 is 0 Å². The molecule has 218 valence electrons. The van der Waals surface area contributed by atoms with Crippen LogP contribution in [0.4, 0.5) is 0 Å². The van der Waals surface area contributed by atoms with E-state index in [1.165, 1.54) is 116 Å². The molecule has 0 fully saturated rings. The maximum absolute atomic E-state index is 12.1. The van der Waals surface area contributed by atoms with Crippen LogP contribution in [-0.2, 0) is 9.53 Å². The number of ether oxygens (including phenoxy) is 1. The first-order chi connectivity index (χ1) is 17.7. The van der Waals surface area contributed by atoms with Crippen molar-refractivity contribution in [2.75, 3.05) is 26.3 Å². The first-order valence-corrected chi connectivity index (χ1v) is 16.1. The monoisotopic (exact) mass is 514 g/mol. The lowest BCUT2D eigenvalue weighted by Gasteiger charge is -2.17. The molecule has 2 N–H and O–H groups in total. The van der Waals surface area contributed by atoms with Crippen molar-refractivity contribution < 1.29 is 14.6 Å². The zero-order chi connectivity index (χ0) is 27.0. The van der Waals surface area contributed by atoms with Crippen LogP contribution < -0.4 is 5.32 Å². The zero-order valence-corrected chi connectivity index (χ0v) is 25.2. The Kier molecular flexibility index (Phi) is 35.9. The van der Waals surface area contributed by atoms with Gasteiger partial charge in [-0.15, -0.1) is 0 Å². The molecule has 0 aromatic carbocycles. The van der Waals surface area contributed by atoms with Crippen molar-refractivity contribution in [3.63, 3.8) is 0 Å². The van der Waals surface area contributed by atoms with E-state index in [9.17, 15) is 4.79 Å². The molecular weight excluding hydrogens is 446 g/mol. The largest absolute Gasteiger partial charge is 0.465 e. The molecule has 0 aliphatic rings. The maximum atomic E-state index is 12.1. The van der Waals surface area contributed by atoms with Crippen molar-refractivity contribution in [1.29, 1.82) is 0 Å². The molecule has 0 saturated carbocycles. The van der Waals surface area contributed by atoms with Gasteiger partial charge in [0.2, 0.25) is 0 Å². The Bertz CT molecular complexity index is 399. The molecule has 0 spiro atoms. The number of rotatable bonds is 27. The molecule has 1 atom stereocenters. The first kappa shape index (κ1) is 37.5. The number of aliphatic hydroxyl groups excluding tert-OH is 1. The van der Waals surface area contributed by atoms with Crippen molar-refractivity contribution >= 4 is 5.97 Å². The maximum Gasteiger partial charge on any atom is 0.305 e. The predicted molar refractivity (Wildman–Crippen MR) is 159 cm³/mol. The summed E-state index contributed by atoms with van der Waals surface area (Å²) >= 11 is 0. The van der Waals surface area contributed by atoms with Gasteiger partial charge in [-0.05, 0) is 38.1 Å². The fourth-order valence-corrected chi connectivity index (χ4v) is 4.42. The summed E-state index contributed by atoms with van der Waals surface area (Å²) in [6, 6.07) is 0. The van der Waals surface area contributed by atoms with Crippen molar-refractivity contribution in [3.05, 3.63) is 0 Å². The fourth-order valence-electron chi connectivity index (χ4n) is 4.42. The Morgan fingerprint density at radius 2 is 1.06 bits per heavy atom. The van der Waals surface area contributed by atoms with Crippen LogP contribution in [0.15, 0.2) is 0 Å². The Labute approximate surface area is 227 Å². The quantitative estimate of drug-likeness (QED) is 0.0848. The molecule has 0 bridgehead atoms. The normalized spacial score (nSPS) is 11.7. The first-order valence-electron chi connectivity index (χ1n) is 16.1. The number of carbonyl (C=O) groups is 1. The molecule has 0 amide bonds. The molecule has 4 heteroatoms. The van der Waals surface area contributed by atoms with Gasteiger partial charge >= 0.3 is 5.97 Å². The van der Waals surface area contributed by atoms with Crippen molar-refractivity contribution in [3.8, 4) is 0 Å².